The van der Waals surface area contributed by atoms with Crippen molar-refractivity contribution in [2.24, 2.45) is 0 Å². The summed E-state index contributed by atoms with van der Waals surface area (Å²) >= 11 is 5.85. The molecule has 0 amide bonds. The van der Waals surface area contributed by atoms with Gasteiger partial charge in [-0.25, -0.2) is 17.9 Å². The minimum atomic E-state index is -3.81. The molecule has 0 unspecified atom stereocenters. The first-order valence-electron chi connectivity index (χ1n) is 7.74. The van der Waals surface area contributed by atoms with E-state index in [0.717, 1.165) is 32.7 Å². The molecule has 1 fully saturated rings. The molecule has 150 valence electrons. The number of nitrogens with zero attached hydrogens (tertiary/aromatic N) is 1. The van der Waals surface area contributed by atoms with Crippen LogP contribution in [0.1, 0.15) is 16.8 Å². The molecule has 2 rings (SSSR count). The van der Waals surface area contributed by atoms with Crippen molar-refractivity contribution in [3.63, 3.8) is 0 Å². The van der Waals surface area contributed by atoms with Crippen molar-refractivity contribution in [1.29, 1.82) is 0 Å². The number of hydrogen-bond donors (Lipinski definition) is 2. The third-order valence-corrected chi connectivity index (χ3v) is 5.54. The van der Waals surface area contributed by atoms with E-state index in [9.17, 15) is 13.2 Å². The number of sulfonamides is 1. The lowest BCUT2D eigenvalue weighted by Crippen LogP contribution is -2.44. The Bertz CT molecular complexity index is 683. The predicted molar refractivity (Wildman–Crippen MR) is 106 cm³/mol. The van der Waals surface area contributed by atoms with E-state index in [4.69, 9.17) is 11.6 Å². The van der Waals surface area contributed by atoms with Crippen LogP contribution in [-0.2, 0) is 14.8 Å². The van der Waals surface area contributed by atoms with Crippen LogP contribution in [0.15, 0.2) is 23.1 Å². The molecule has 1 aliphatic rings. The molecule has 11 heteroatoms. The summed E-state index contributed by atoms with van der Waals surface area (Å²) in [5, 5.41) is 3.54. The van der Waals surface area contributed by atoms with E-state index in [2.05, 4.69) is 19.7 Å². The molecule has 0 radical (unpaired) electrons. The third-order valence-electron chi connectivity index (χ3n) is 3.79. The molecule has 0 aliphatic carbocycles. The molecule has 7 nitrogen and oxygen atoms in total. The van der Waals surface area contributed by atoms with Gasteiger partial charge < -0.3 is 15.0 Å². The van der Waals surface area contributed by atoms with Crippen LogP contribution < -0.4 is 10.0 Å². The Labute approximate surface area is 171 Å². The summed E-state index contributed by atoms with van der Waals surface area (Å²) in [4.78, 5) is 13.9. The van der Waals surface area contributed by atoms with E-state index in [-0.39, 0.29) is 40.3 Å². The van der Waals surface area contributed by atoms with E-state index < -0.39 is 16.0 Å². The van der Waals surface area contributed by atoms with Gasteiger partial charge in [0.2, 0.25) is 10.0 Å². The molecule has 1 saturated heterocycles. The second-order valence-corrected chi connectivity index (χ2v) is 7.65. The van der Waals surface area contributed by atoms with Gasteiger partial charge in [-0.3, -0.25) is 0 Å². The van der Waals surface area contributed by atoms with E-state index in [1.165, 1.54) is 25.3 Å². The summed E-state index contributed by atoms with van der Waals surface area (Å²) < 4.78 is 32.1. The van der Waals surface area contributed by atoms with Gasteiger partial charge in [-0.2, -0.15) is 0 Å². The Balaban J connectivity index is 0.00000312. The fourth-order valence-electron chi connectivity index (χ4n) is 2.53. The summed E-state index contributed by atoms with van der Waals surface area (Å²) in [7, 11) is -2.61. The van der Waals surface area contributed by atoms with Crippen molar-refractivity contribution in [2.45, 2.75) is 11.3 Å². The summed E-state index contributed by atoms with van der Waals surface area (Å²) in [5.41, 5.74) is -0.0698. The maximum absolute atomic E-state index is 12.5. The third kappa shape index (κ3) is 7.19. The summed E-state index contributed by atoms with van der Waals surface area (Å²) in [6.45, 7) is 4.98. The van der Waals surface area contributed by atoms with E-state index in [1.807, 2.05) is 0 Å². The molecule has 0 bridgehead atoms. The lowest BCUT2D eigenvalue weighted by molar-refractivity contribution is 0.0596. The predicted octanol–water partition coefficient (Wildman–Crippen LogP) is 1.54. The van der Waals surface area contributed by atoms with E-state index in [1.54, 1.807) is 0 Å². The number of rotatable bonds is 7. The molecule has 0 saturated carbocycles. The van der Waals surface area contributed by atoms with Gasteiger partial charge in [0, 0.05) is 37.7 Å². The van der Waals surface area contributed by atoms with Crippen molar-refractivity contribution < 1.29 is 17.9 Å². The van der Waals surface area contributed by atoms with Crippen LogP contribution in [0, 0.1) is 0 Å². The van der Waals surface area contributed by atoms with Gasteiger partial charge in [-0.1, -0.05) is 11.6 Å². The first kappa shape index (κ1) is 25.4. The van der Waals surface area contributed by atoms with Gasteiger partial charge in [0.15, 0.2) is 0 Å². The summed E-state index contributed by atoms with van der Waals surface area (Å²) in [5.74, 6) is -0.737. The summed E-state index contributed by atoms with van der Waals surface area (Å²) in [6, 6.07) is 4.04. The molecule has 0 atom stereocenters. The molecule has 1 heterocycles. The van der Waals surface area contributed by atoms with Crippen LogP contribution in [0.2, 0.25) is 5.02 Å². The largest absolute Gasteiger partial charge is 0.465 e. The first-order valence-corrected chi connectivity index (χ1v) is 9.61. The van der Waals surface area contributed by atoms with Gasteiger partial charge in [0.05, 0.1) is 17.6 Å². The lowest BCUT2D eigenvalue weighted by atomic mass is 10.2. The van der Waals surface area contributed by atoms with Crippen molar-refractivity contribution in [3.8, 4) is 0 Å². The highest BCUT2D eigenvalue weighted by atomic mass is 35.5. The SMILES string of the molecule is COC(=O)c1cc(Cl)ccc1S(=O)(=O)NCCCN1CCNCC1.Cl.Cl. The van der Waals surface area contributed by atoms with Gasteiger partial charge in [0.1, 0.15) is 0 Å². The molecule has 0 spiro atoms. The fourth-order valence-corrected chi connectivity index (χ4v) is 3.95. The zero-order chi connectivity index (χ0) is 17.6. The molecular formula is C15H24Cl3N3O4S. The number of ether oxygens (including phenoxy) is 1. The van der Waals surface area contributed by atoms with Crippen LogP contribution in [0.5, 0.6) is 0 Å². The number of carbonyl (C=O) groups is 1. The molecule has 2 N–H and O–H groups in total. The number of nitrogens with one attached hydrogen (secondary N) is 2. The smallest absolute Gasteiger partial charge is 0.339 e. The van der Waals surface area contributed by atoms with Crippen LogP contribution in [0.25, 0.3) is 0 Å². The Morgan fingerprint density at radius 1 is 1.31 bits per heavy atom. The second kappa shape index (κ2) is 12.0. The molecule has 26 heavy (non-hydrogen) atoms. The number of piperazine rings is 1. The number of hydrogen-bond acceptors (Lipinski definition) is 6. The zero-order valence-corrected chi connectivity index (χ0v) is 17.6. The highest BCUT2D eigenvalue weighted by molar-refractivity contribution is 7.89. The van der Waals surface area contributed by atoms with Crippen LogP contribution in [0.3, 0.4) is 0 Å². The molecule has 0 aromatic heterocycles. The normalized spacial score (nSPS) is 14.8. The standard InChI is InChI=1S/C15H22ClN3O4S.2ClH/c1-23-15(20)13-11-12(16)3-4-14(13)24(21,22)18-5-2-8-19-9-6-17-7-10-19;;/h3-4,11,17-18H,2,5-10H2,1H3;2*1H. The molecular weight excluding hydrogens is 425 g/mol. The number of benzene rings is 1. The Morgan fingerprint density at radius 3 is 2.58 bits per heavy atom. The van der Waals surface area contributed by atoms with Crippen LogP contribution in [-0.4, -0.2) is 65.7 Å². The van der Waals surface area contributed by atoms with Gasteiger partial charge in [-0.05, 0) is 31.2 Å². The van der Waals surface area contributed by atoms with Crippen LogP contribution >= 0.6 is 36.4 Å². The molecule has 1 aromatic rings. The fraction of sp³-hybridized carbons (Fsp3) is 0.533. The van der Waals surface area contributed by atoms with Crippen molar-refractivity contribution in [1.82, 2.24) is 14.9 Å². The Kier molecular flexibility index (Phi) is 11.7. The number of esters is 1. The highest BCUT2D eigenvalue weighted by Gasteiger charge is 2.23. The highest BCUT2D eigenvalue weighted by Crippen LogP contribution is 2.21. The van der Waals surface area contributed by atoms with Crippen molar-refractivity contribution >= 4 is 52.4 Å². The number of carbonyl (C=O) groups excluding carboxylic acids is 1. The maximum atomic E-state index is 12.5. The van der Waals surface area contributed by atoms with Crippen LogP contribution in [0.4, 0.5) is 0 Å². The number of methoxy groups -OCH3 is 1. The average molecular weight is 449 g/mol. The minimum absolute atomic E-state index is 0. The van der Waals surface area contributed by atoms with Crippen molar-refractivity contribution in [2.75, 3.05) is 46.4 Å². The van der Waals surface area contributed by atoms with E-state index >= 15 is 0 Å². The lowest BCUT2D eigenvalue weighted by Gasteiger charge is -2.27. The zero-order valence-electron chi connectivity index (χ0n) is 14.4. The van der Waals surface area contributed by atoms with Gasteiger partial charge in [0.25, 0.3) is 0 Å². The molecule has 1 aromatic carbocycles. The summed E-state index contributed by atoms with van der Waals surface area (Å²) in [6.07, 6.45) is 0.695. The van der Waals surface area contributed by atoms with Gasteiger partial charge in [-0.15, -0.1) is 24.8 Å². The Hall–Kier alpha value is -0.610. The number of halogens is 3. The minimum Gasteiger partial charge on any atom is -0.465 e. The average Bonchev–Trinajstić information content (AvgIpc) is 2.58. The molecule has 1 aliphatic heterocycles. The quantitative estimate of drug-likeness (QED) is 0.486. The van der Waals surface area contributed by atoms with Gasteiger partial charge >= 0.3 is 5.97 Å². The Morgan fingerprint density at radius 2 is 1.96 bits per heavy atom. The van der Waals surface area contributed by atoms with Crippen molar-refractivity contribution in [3.05, 3.63) is 28.8 Å². The topological polar surface area (TPSA) is 87.7 Å². The first-order chi connectivity index (χ1) is 11.4. The van der Waals surface area contributed by atoms with E-state index in [0.29, 0.717) is 13.0 Å². The maximum Gasteiger partial charge on any atom is 0.339 e. The monoisotopic (exact) mass is 447 g/mol. The second-order valence-electron chi connectivity index (χ2n) is 5.48.